The normalized spacial score (nSPS) is 28.5. The number of ether oxygens (including phenoxy) is 4. The minimum atomic E-state index is -5.46. The van der Waals surface area contributed by atoms with Crippen molar-refractivity contribution in [3.05, 3.63) is 22.1 Å². The summed E-state index contributed by atoms with van der Waals surface area (Å²) in [7, 11) is -5.46. The molecule has 5 unspecified atom stereocenters. The second-order valence-electron chi connectivity index (χ2n) is 15.2. The van der Waals surface area contributed by atoms with E-state index in [0.29, 0.717) is 6.42 Å². The number of carbonyl (C=O) groups is 2. The summed E-state index contributed by atoms with van der Waals surface area (Å²) >= 11 is 4.91. The number of hydrogen-bond donors (Lipinski definition) is 7. The molecule has 8 N–H and O–H groups in total. The number of phosphoric ester groups is 1. The van der Waals surface area contributed by atoms with Gasteiger partial charge >= 0.3 is 26.5 Å². The fraction of sp³-hybridized carbons (Fsp3) is 0.778. The third kappa shape index (κ3) is 14.6. The maximum Gasteiger partial charge on any atom is 0.481 e. The van der Waals surface area contributed by atoms with Crippen molar-refractivity contribution in [1.82, 2.24) is 15.0 Å². The highest BCUT2D eigenvalue weighted by Crippen LogP contribution is 2.62. The van der Waals surface area contributed by atoms with Gasteiger partial charge in [-0.15, -0.1) is 0 Å². The van der Waals surface area contributed by atoms with E-state index in [9.17, 15) is 38.9 Å². The Kier molecular flexibility index (Phi) is 18.9. The molecule has 2 aliphatic heterocycles. The smallest absolute Gasteiger partial charge is 0.462 e. The molecule has 0 aromatic carbocycles. The summed E-state index contributed by atoms with van der Waals surface area (Å²) in [5.74, 6) is -2.95. The molecule has 0 aliphatic carbocycles. The molecule has 0 saturated carbocycles. The first kappa shape index (κ1) is 49.3. The fourth-order valence-electron chi connectivity index (χ4n) is 7.16. The minimum absolute atomic E-state index is 0.0284. The van der Waals surface area contributed by atoms with E-state index in [1.807, 2.05) is 0 Å². The SMILES string of the molecule is CCCCCCCCCCCCCC(=O)OC[C@H](F)C1O[C@@H](OP(=O)(O)OP(O)(=S)OC[C@H]2O[C@@H](c3cc4nc(N)[nH]c(=O)c4[nH]3)C(O)[C@H]2O)[C@H](OC(C)=O)C(C)[C@@H]1C. The average molecular weight is 901 g/mol. The lowest BCUT2D eigenvalue weighted by Gasteiger charge is -2.44. The average Bonchev–Trinajstić information content (AvgIpc) is 3.70. The Labute approximate surface area is 347 Å². The van der Waals surface area contributed by atoms with Crippen LogP contribution < -0.4 is 11.3 Å². The number of nitrogens with zero attached hydrogens (tertiary/aromatic N) is 1. The highest BCUT2D eigenvalue weighted by molar-refractivity contribution is 8.08. The number of halogens is 1. The number of hydrogen-bond acceptors (Lipinski definition) is 16. The van der Waals surface area contributed by atoms with Crippen LogP contribution in [0.4, 0.5) is 10.3 Å². The van der Waals surface area contributed by atoms with Gasteiger partial charge in [0.15, 0.2) is 12.3 Å². The van der Waals surface area contributed by atoms with Gasteiger partial charge in [0.05, 0.1) is 18.2 Å². The molecule has 0 radical (unpaired) electrons. The molecule has 2 fully saturated rings. The van der Waals surface area contributed by atoms with Crippen LogP contribution in [0.2, 0.25) is 0 Å². The Bertz CT molecular complexity index is 1840. The zero-order valence-electron chi connectivity index (χ0n) is 33.7. The van der Waals surface area contributed by atoms with Crippen LogP contribution in [0.3, 0.4) is 0 Å². The van der Waals surface area contributed by atoms with Gasteiger partial charge in [-0.3, -0.25) is 23.9 Å². The maximum atomic E-state index is 15.7. The molecule has 0 spiro atoms. The third-order valence-corrected chi connectivity index (χ3v) is 14.0. The first-order chi connectivity index (χ1) is 27.8. The zero-order valence-corrected chi connectivity index (χ0v) is 36.3. The van der Waals surface area contributed by atoms with Crippen molar-refractivity contribution in [2.45, 2.75) is 154 Å². The molecule has 0 amide bonds. The molecule has 4 heterocycles. The van der Waals surface area contributed by atoms with Gasteiger partial charge in [-0.25, -0.2) is 18.3 Å². The Morgan fingerprint density at radius 3 is 2.25 bits per heavy atom. The summed E-state index contributed by atoms with van der Waals surface area (Å²) in [4.78, 5) is 67.1. The van der Waals surface area contributed by atoms with Crippen molar-refractivity contribution >= 4 is 55.3 Å². The molecule has 2 aromatic heterocycles. The highest BCUT2D eigenvalue weighted by atomic mass is 32.5. The summed E-state index contributed by atoms with van der Waals surface area (Å²) in [6.45, 7) is 0.306. The van der Waals surface area contributed by atoms with E-state index in [0.717, 1.165) is 32.6 Å². The molecule has 2 aromatic rings. The number of alkyl halides is 1. The topological polar surface area (TPSA) is 284 Å². The number of aromatic nitrogens is 3. The van der Waals surface area contributed by atoms with Gasteiger partial charge in [-0.1, -0.05) is 85.0 Å². The monoisotopic (exact) mass is 900 g/mol. The number of esters is 2. The molecular formula is C36H59FN4O15P2S. The quantitative estimate of drug-likeness (QED) is 0.0420. The molecule has 19 nitrogen and oxygen atoms in total. The number of aromatic amines is 2. The zero-order chi connectivity index (χ0) is 43.5. The summed E-state index contributed by atoms with van der Waals surface area (Å²) in [6.07, 6.45) is -0.0709. The van der Waals surface area contributed by atoms with Crippen molar-refractivity contribution in [1.29, 1.82) is 0 Å². The lowest BCUT2D eigenvalue weighted by molar-refractivity contribution is -0.262. The van der Waals surface area contributed by atoms with Gasteiger partial charge < -0.3 is 54.2 Å². The van der Waals surface area contributed by atoms with Crippen molar-refractivity contribution in [2.75, 3.05) is 18.9 Å². The number of nitrogen functional groups attached to an aromatic ring is 1. The third-order valence-electron chi connectivity index (χ3n) is 10.5. The second kappa shape index (κ2) is 22.6. The van der Waals surface area contributed by atoms with Crippen LogP contribution in [0.25, 0.3) is 11.0 Å². The number of phosphoric acid groups is 1. The first-order valence-electron chi connectivity index (χ1n) is 20.0. The molecule has 336 valence electrons. The van der Waals surface area contributed by atoms with Crippen molar-refractivity contribution in [2.24, 2.45) is 11.8 Å². The largest absolute Gasteiger partial charge is 0.481 e. The number of carbonyl (C=O) groups excluding carboxylic acids is 2. The van der Waals surface area contributed by atoms with Gasteiger partial charge in [0, 0.05) is 25.0 Å². The Hall–Kier alpha value is -2.39. The number of rotatable bonds is 24. The number of aliphatic hydroxyl groups is 2. The summed E-state index contributed by atoms with van der Waals surface area (Å²) < 4.78 is 65.9. The van der Waals surface area contributed by atoms with Crippen molar-refractivity contribution in [3.8, 4) is 0 Å². The molecule has 23 heteroatoms. The molecule has 0 bridgehead atoms. The van der Waals surface area contributed by atoms with Crippen LogP contribution in [0, 0.1) is 11.8 Å². The Balaban J connectivity index is 1.28. The first-order valence-corrected chi connectivity index (χ1v) is 24.1. The molecule has 4 rings (SSSR count). The highest BCUT2D eigenvalue weighted by Gasteiger charge is 2.51. The Morgan fingerprint density at radius 1 is 1.00 bits per heavy atom. The van der Waals surface area contributed by atoms with E-state index in [1.54, 1.807) is 13.8 Å². The predicted molar refractivity (Wildman–Crippen MR) is 215 cm³/mol. The predicted octanol–water partition coefficient (Wildman–Crippen LogP) is 4.87. The van der Waals surface area contributed by atoms with Gasteiger partial charge in [-0.2, -0.15) is 0 Å². The lowest BCUT2D eigenvalue weighted by Crippen LogP contribution is -2.55. The van der Waals surface area contributed by atoms with Crippen LogP contribution in [0.5, 0.6) is 0 Å². The van der Waals surface area contributed by atoms with Crippen molar-refractivity contribution < 1.29 is 70.8 Å². The van der Waals surface area contributed by atoms with Crippen LogP contribution in [-0.2, 0) is 58.3 Å². The summed E-state index contributed by atoms with van der Waals surface area (Å²) in [5.41, 5.74) is 5.33. The Morgan fingerprint density at radius 2 is 1.63 bits per heavy atom. The van der Waals surface area contributed by atoms with Crippen LogP contribution in [-0.4, -0.2) is 103 Å². The lowest BCUT2D eigenvalue weighted by atomic mass is 9.82. The number of nitrogens with one attached hydrogen (secondary N) is 2. The molecule has 2 saturated heterocycles. The number of unbranched alkanes of at least 4 members (excludes halogenated alkanes) is 10. The minimum Gasteiger partial charge on any atom is -0.462 e. The van der Waals surface area contributed by atoms with E-state index in [4.69, 9.17) is 49.8 Å². The van der Waals surface area contributed by atoms with E-state index in [1.165, 1.54) is 44.6 Å². The molecular weight excluding hydrogens is 841 g/mol. The van der Waals surface area contributed by atoms with Gasteiger partial charge in [0.2, 0.25) is 12.2 Å². The number of fused-ring (bicyclic) bond motifs is 1. The van der Waals surface area contributed by atoms with Gasteiger partial charge in [-0.05, 0) is 30.2 Å². The number of H-pyrrole nitrogens is 2. The standard InChI is InChI=1S/C36H59FN4O15P2S/c1-5-6-7-8-9-10-11-12-13-14-15-16-27(43)50-18-23(37)31-20(2)21(3)32(52-22(4)42)35(54-31)55-57(47,48)56-58(49,59)51-19-26-29(44)30(45)33(53-26)25-17-24-28(39-25)34(46)41-36(38)40-24/h17,20-21,23,26,29-33,35,39,44-45H,5-16,18-19H2,1-4H3,(H,47,48)(H,49,59)(H3,38,40,41,46)/t20-,21?,23-,26+,29-,30?,31?,32+,33-,35-,58?/m0/s1. The van der Waals surface area contributed by atoms with Gasteiger partial charge in [0.1, 0.15) is 36.5 Å². The summed E-state index contributed by atoms with van der Waals surface area (Å²) in [5, 5.41) is 21.3. The van der Waals surface area contributed by atoms with E-state index >= 15 is 4.39 Å². The van der Waals surface area contributed by atoms with E-state index in [-0.39, 0.29) is 29.1 Å². The second-order valence-corrected chi connectivity index (χ2v) is 19.6. The maximum absolute atomic E-state index is 15.7. The van der Waals surface area contributed by atoms with E-state index in [2.05, 4.69) is 21.9 Å². The van der Waals surface area contributed by atoms with Crippen LogP contribution >= 0.6 is 14.5 Å². The number of anilines is 1. The number of aliphatic hydroxyl groups excluding tert-OH is 2. The summed E-state index contributed by atoms with van der Waals surface area (Å²) in [6, 6.07) is 1.38. The fourth-order valence-corrected chi connectivity index (χ4v) is 10.3. The van der Waals surface area contributed by atoms with Crippen molar-refractivity contribution in [3.63, 3.8) is 0 Å². The van der Waals surface area contributed by atoms with Crippen LogP contribution in [0.1, 0.15) is 117 Å². The molecule has 2 aliphatic rings. The number of nitrogens with two attached hydrogens (primary N) is 1. The van der Waals surface area contributed by atoms with Crippen LogP contribution in [0.15, 0.2) is 10.9 Å². The molecule has 12 atom stereocenters. The van der Waals surface area contributed by atoms with E-state index < -0.39 is 106 Å². The molecule has 59 heavy (non-hydrogen) atoms. The van der Waals surface area contributed by atoms with Gasteiger partial charge in [0.25, 0.3) is 5.56 Å².